The molecule has 28 heavy (non-hydrogen) atoms. The topological polar surface area (TPSA) is 128 Å². The summed E-state index contributed by atoms with van der Waals surface area (Å²) in [5.74, 6) is -0.0832. The third kappa shape index (κ3) is 6.30. The van der Waals surface area contributed by atoms with Gasteiger partial charge >= 0.3 is 0 Å². The van der Waals surface area contributed by atoms with Crippen LogP contribution in [0.3, 0.4) is 0 Å². The summed E-state index contributed by atoms with van der Waals surface area (Å²) in [4.78, 5) is 23.9. The maximum atomic E-state index is 11.9. The van der Waals surface area contributed by atoms with E-state index in [-0.39, 0.29) is 35.6 Å². The Hall–Kier alpha value is -3.58. The molecule has 2 rings (SSSR count). The number of ether oxygens (including phenoxy) is 2. The van der Waals surface area contributed by atoms with Crippen molar-refractivity contribution < 1.29 is 29.3 Å². The number of ketones is 2. The van der Waals surface area contributed by atoms with E-state index < -0.39 is 0 Å². The molecule has 2 aromatic rings. The number of phenolic OH excluding ortho intramolecular Hbond substituents is 2. The summed E-state index contributed by atoms with van der Waals surface area (Å²) in [6, 6.07) is 9.34. The van der Waals surface area contributed by atoms with Crippen molar-refractivity contribution in [2.24, 2.45) is 0 Å². The zero-order chi connectivity index (χ0) is 19.8. The highest BCUT2D eigenvalue weighted by molar-refractivity contribution is 6.10. The zero-order valence-corrected chi connectivity index (χ0v) is 15.7. The van der Waals surface area contributed by atoms with Crippen molar-refractivity contribution >= 4 is 23.7 Å². The summed E-state index contributed by atoms with van der Waals surface area (Å²) in [7, 11) is 2.87. The zero-order valence-electron chi connectivity index (χ0n) is 15.7. The molecule has 0 aliphatic heterocycles. The molecule has 0 bridgehead atoms. The Bertz CT molecular complexity index is 828. The second kappa shape index (κ2) is 10.5. The van der Waals surface area contributed by atoms with Gasteiger partial charge in [0.1, 0.15) is 0 Å². The summed E-state index contributed by atoms with van der Waals surface area (Å²) in [5.41, 5.74) is 1.33. The lowest BCUT2D eigenvalue weighted by molar-refractivity contribution is -0.121. The van der Waals surface area contributed by atoms with E-state index in [1.807, 2.05) is 0 Å². The fraction of sp³-hybridized carbons (Fsp3) is 0.143. The van der Waals surface area contributed by atoms with Crippen LogP contribution in [0, 0.1) is 0 Å². The Balaban J connectivity index is 0.00000392. The minimum atomic E-state index is -0.347. The van der Waals surface area contributed by atoms with Gasteiger partial charge in [-0.05, 0) is 47.5 Å². The van der Waals surface area contributed by atoms with Gasteiger partial charge in [0.25, 0.3) is 0 Å². The minimum absolute atomic E-state index is 0. The Morgan fingerprint density at radius 3 is 1.57 bits per heavy atom. The molecule has 0 fully saturated rings. The Labute approximate surface area is 163 Å². The van der Waals surface area contributed by atoms with E-state index in [0.717, 1.165) is 0 Å². The van der Waals surface area contributed by atoms with Crippen LogP contribution in [0.4, 0.5) is 0 Å². The average Bonchev–Trinajstić information content (AvgIpc) is 2.66. The fourth-order valence-corrected chi connectivity index (χ4v) is 2.26. The fourth-order valence-electron chi connectivity index (χ4n) is 2.26. The molecule has 0 spiro atoms. The van der Waals surface area contributed by atoms with Crippen LogP contribution >= 0.6 is 0 Å². The molecule has 7 nitrogen and oxygen atoms in total. The Kier molecular flexibility index (Phi) is 8.46. The quantitative estimate of drug-likeness (QED) is 0.468. The first-order chi connectivity index (χ1) is 12.9. The summed E-state index contributed by atoms with van der Waals surface area (Å²) >= 11 is 0. The highest BCUT2D eigenvalue weighted by Crippen LogP contribution is 2.27. The van der Waals surface area contributed by atoms with Gasteiger partial charge in [0, 0.05) is 0 Å². The van der Waals surface area contributed by atoms with Crippen LogP contribution < -0.4 is 15.6 Å². The van der Waals surface area contributed by atoms with Gasteiger partial charge in [-0.1, -0.05) is 24.3 Å². The molecule has 0 unspecified atom stereocenters. The van der Waals surface area contributed by atoms with Gasteiger partial charge in [0.05, 0.1) is 20.6 Å². The molecule has 0 aliphatic rings. The average molecular weight is 385 g/mol. The van der Waals surface area contributed by atoms with Crippen LogP contribution in [0.2, 0.25) is 0 Å². The Morgan fingerprint density at radius 2 is 1.21 bits per heavy atom. The number of allylic oxidation sites excluding steroid dienone is 2. The molecule has 2 aromatic carbocycles. The molecular formula is C21H23NO6. The third-order valence-electron chi connectivity index (χ3n) is 3.68. The highest BCUT2D eigenvalue weighted by atomic mass is 16.5. The molecule has 0 amide bonds. The summed E-state index contributed by atoms with van der Waals surface area (Å²) in [6.07, 6.45) is 5.44. The van der Waals surface area contributed by atoms with Crippen LogP contribution in [0.15, 0.2) is 48.6 Å². The SMILES string of the molecule is COc1cc(/C=C/C(=O)CC(=O)/C=C/c2ccc(O)c(OC)c2)ccc1O.N. The van der Waals surface area contributed by atoms with Gasteiger partial charge in [0.2, 0.25) is 0 Å². The minimum Gasteiger partial charge on any atom is -0.504 e. The van der Waals surface area contributed by atoms with E-state index in [0.29, 0.717) is 22.6 Å². The van der Waals surface area contributed by atoms with Crippen molar-refractivity contribution in [3.8, 4) is 23.0 Å². The molecule has 0 heterocycles. The van der Waals surface area contributed by atoms with Crippen molar-refractivity contribution in [2.45, 2.75) is 6.42 Å². The van der Waals surface area contributed by atoms with Gasteiger partial charge in [-0.15, -0.1) is 0 Å². The van der Waals surface area contributed by atoms with Crippen LogP contribution in [-0.4, -0.2) is 36.0 Å². The second-order valence-corrected chi connectivity index (χ2v) is 5.64. The van der Waals surface area contributed by atoms with Crippen molar-refractivity contribution in [1.29, 1.82) is 0 Å². The molecule has 0 aliphatic carbocycles. The Morgan fingerprint density at radius 1 is 0.821 bits per heavy atom. The van der Waals surface area contributed by atoms with Gasteiger partial charge in [-0.2, -0.15) is 0 Å². The molecule has 7 heteroatoms. The smallest absolute Gasteiger partial charge is 0.163 e. The number of aromatic hydroxyl groups is 2. The molecule has 0 aromatic heterocycles. The van der Waals surface area contributed by atoms with Crippen molar-refractivity contribution in [2.75, 3.05) is 14.2 Å². The number of rotatable bonds is 8. The first-order valence-electron chi connectivity index (χ1n) is 8.08. The maximum absolute atomic E-state index is 11.9. The molecule has 0 saturated heterocycles. The largest absolute Gasteiger partial charge is 0.504 e. The number of benzene rings is 2. The first kappa shape index (κ1) is 22.5. The van der Waals surface area contributed by atoms with E-state index in [1.165, 1.54) is 38.5 Å². The standard InChI is InChI=1S/C21H20O6.H3N/c1-26-20-11-14(5-9-18(20)24)3-7-16(22)13-17(23)8-4-15-6-10-19(25)21(12-15)27-2;/h3-12,24-25H,13H2,1-2H3;1H3/b7-3+,8-4+;. The summed E-state index contributed by atoms with van der Waals surface area (Å²) < 4.78 is 10.00. The molecule has 0 atom stereocenters. The van der Waals surface area contributed by atoms with Gasteiger partial charge in [0.15, 0.2) is 34.6 Å². The number of methoxy groups -OCH3 is 2. The first-order valence-corrected chi connectivity index (χ1v) is 8.08. The second-order valence-electron chi connectivity index (χ2n) is 5.64. The maximum Gasteiger partial charge on any atom is 0.163 e. The highest BCUT2D eigenvalue weighted by Gasteiger charge is 2.06. The van der Waals surface area contributed by atoms with Gasteiger partial charge in [-0.3, -0.25) is 9.59 Å². The van der Waals surface area contributed by atoms with E-state index >= 15 is 0 Å². The summed E-state index contributed by atoms with van der Waals surface area (Å²) in [6.45, 7) is 0. The van der Waals surface area contributed by atoms with E-state index in [1.54, 1.807) is 36.4 Å². The number of hydrogen-bond acceptors (Lipinski definition) is 7. The van der Waals surface area contributed by atoms with Crippen LogP contribution in [0.5, 0.6) is 23.0 Å². The lowest BCUT2D eigenvalue weighted by atomic mass is 10.1. The van der Waals surface area contributed by atoms with E-state index in [4.69, 9.17) is 9.47 Å². The van der Waals surface area contributed by atoms with Crippen molar-refractivity contribution in [3.63, 3.8) is 0 Å². The van der Waals surface area contributed by atoms with E-state index in [2.05, 4.69) is 0 Å². The number of hydrogen-bond donors (Lipinski definition) is 3. The third-order valence-corrected chi connectivity index (χ3v) is 3.68. The van der Waals surface area contributed by atoms with Crippen molar-refractivity contribution in [3.05, 3.63) is 59.7 Å². The predicted octanol–water partition coefficient (Wildman–Crippen LogP) is 3.53. The molecular weight excluding hydrogens is 362 g/mol. The lowest BCUT2D eigenvalue weighted by Gasteiger charge is -2.03. The molecule has 5 N–H and O–H groups in total. The number of carbonyl (C=O) groups excluding carboxylic acids is 2. The van der Waals surface area contributed by atoms with Crippen LogP contribution in [0.1, 0.15) is 17.5 Å². The monoisotopic (exact) mass is 385 g/mol. The van der Waals surface area contributed by atoms with Crippen LogP contribution in [0.25, 0.3) is 12.2 Å². The van der Waals surface area contributed by atoms with E-state index in [9.17, 15) is 19.8 Å². The number of carbonyl (C=O) groups is 2. The predicted molar refractivity (Wildman–Crippen MR) is 107 cm³/mol. The lowest BCUT2D eigenvalue weighted by Crippen LogP contribution is -2.01. The molecule has 0 saturated carbocycles. The van der Waals surface area contributed by atoms with Gasteiger partial charge in [-0.25, -0.2) is 0 Å². The summed E-state index contributed by atoms with van der Waals surface area (Å²) in [5, 5.41) is 19.1. The van der Waals surface area contributed by atoms with Crippen LogP contribution in [-0.2, 0) is 9.59 Å². The molecule has 0 radical (unpaired) electrons. The van der Waals surface area contributed by atoms with Crippen molar-refractivity contribution in [1.82, 2.24) is 6.15 Å². The normalized spacial score (nSPS) is 10.6. The van der Waals surface area contributed by atoms with Gasteiger partial charge < -0.3 is 25.8 Å². The number of phenols is 2. The molecule has 148 valence electrons.